The SMILES string of the molecule is C#CCO[C@H]1[C@H](OC)O[C@@H](CC)[C@@H]1O. The molecule has 0 bridgehead atoms. The molecule has 1 heterocycles. The van der Waals surface area contributed by atoms with Crippen molar-refractivity contribution in [3.63, 3.8) is 0 Å². The van der Waals surface area contributed by atoms with E-state index in [0.29, 0.717) is 0 Å². The monoisotopic (exact) mass is 200 g/mol. The molecule has 1 rings (SSSR count). The average Bonchev–Trinajstić information content (AvgIpc) is 2.52. The molecule has 0 radical (unpaired) electrons. The maximum Gasteiger partial charge on any atom is 0.186 e. The number of methoxy groups -OCH3 is 1. The van der Waals surface area contributed by atoms with Gasteiger partial charge in [0, 0.05) is 7.11 Å². The van der Waals surface area contributed by atoms with Gasteiger partial charge in [-0.05, 0) is 6.42 Å². The fourth-order valence-corrected chi connectivity index (χ4v) is 1.55. The van der Waals surface area contributed by atoms with E-state index in [1.54, 1.807) is 0 Å². The highest BCUT2D eigenvalue weighted by atomic mass is 16.7. The van der Waals surface area contributed by atoms with Gasteiger partial charge in [-0.3, -0.25) is 0 Å². The summed E-state index contributed by atoms with van der Waals surface area (Å²) in [5.41, 5.74) is 0. The van der Waals surface area contributed by atoms with Crippen LogP contribution in [0.3, 0.4) is 0 Å². The summed E-state index contributed by atoms with van der Waals surface area (Å²) in [6.07, 6.45) is 3.88. The molecule has 0 unspecified atom stereocenters. The second-order valence-corrected chi connectivity index (χ2v) is 3.16. The molecule has 0 saturated carbocycles. The topological polar surface area (TPSA) is 47.9 Å². The third kappa shape index (κ3) is 2.25. The fourth-order valence-electron chi connectivity index (χ4n) is 1.55. The molecular weight excluding hydrogens is 184 g/mol. The number of hydrogen-bond acceptors (Lipinski definition) is 4. The molecule has 0 amide bonds. The first kappa shape index (κ1) is 11.5. The van der Waals surface area contributed by atoms with Crippen molar-refractivity contribution in [2.75, 3.05) is 13.7 Å². The zero-order chi connectivity index (χ0) is 10.6. The predicted octanol–water partition coefficient (Wildman–Crippen LogP) is 0.147. The number of terminal acetylenes is 1. The minimum Gasteiger partial charge on any atom is -0.387 e. The van der Waals surface area contributed by atoms with Gasteiger partial charge in [-0.1, -0.05) is 12.8 Å². The third-order valence-electron chi connectivity index (χ3n) is 2.29. The second-order valence-electron chi connectivity index (χ2n) is 3.16. The fraction of sp³-hybridized carbons (Fsp3) is 0.800. The molecule has 0 aromatic heterocycles. The van der Waals surface area contributed by atoms with Gasteiger partial charge in [0.1, 0.15) is 18.8 Å². The van der Waals surface area contributed by atoms with Crippen molar-refractivity contribution in [2.45, 2.75) is 37.9 Å². The van der Waals surface area contributed by atoms with E-state index < -0.39 is 18.5 Å². The molecule has 4 nitrogen and oxygen atoms in total. The van der Waals surface area contributed by atoms with Gasteiger partial charge in [0.15, 0.2) is 6.29 Å². The number of rotatable bonds is 4. The lowest BCUT2D eigenvalue weighted by molar-refractivity contribution is -0.159. The summed E-state index contributed by atoms with van der Waals surface area (Å²) in [5.74, 6) is 2.35. The van der Waals surface area contributed by atoms with Crippen molar-refractivity contribution < 1.29 is 19.3 Å². The molecule has 4 heteroatoms. The molecule has 1 fully saturated rings. The van der Waals surface area contributed by atoms with Crippen LogP contribution in [0.5, 0.6) is 0 Å². The zero-order valence-corrected chi connectivity index (χ0v) is 8.47. The van der Waals surface area contributed by atoms with Crippen molar-refractivity contribution in [1.82, 2.24) is 0 Å². The number of aliphatic hydroxyl groups excluding tert-OH is 1. The summed E-state index contributed by atoms with van der Waals surface area (Å²) in [6.45, 7) is 2.09. The molecule has 0 spiro atoms. The lowest BCUT2D eigenvalue weighted by atomic mass is 10.1. The van der Waals surface area contributed by atoms with Gasteiger partial charge in [-0.25, -0.2) is 0 Å². The van der Waals surface area contributed by atoms with E-state index in [0.717, 1.165) is 6.42 Å². The second kappa shape index (κ2) is 5.32. The van der Waals surface area contributed by atoms with Gasteiger partial charge in [-0.15, -0.1) is 6.42 Å². The van der Waals surface area contributed by atoms with Crippen molar-refractivity contribution >= 4 is 0 Å². The first-order valence-corrected chi connectivity index (χ1v) is 4.66. The van der Waals surface area contributed by atoms with Crippen LogP contribution in [0.1, 0.15) is 13.3 Å². The summed E-state index contributed by atoms with van der Waals surface area (Å²) < 4.78 is 15.7. The summed E-state index contributed by atoms with van der Waals surface area (Å²) in [6, 6.07) is 0. The Bertz CT molecular complexity index is 209. The van der Waals surface area contributed by atoms with Gasteiger partial charge in [-0.2, -0.15) is 0 Å². The van der Waals surface area contributed by atoms with Gasteiger partial charge >= 0.3 is 0 Å². The van der Waals surface area contributed by atoms with Crippen LogP contribution in [-0.4, -0.2) is 43.4 Å². The van der Waals surface area contributed by atoms with Crippen LogP contribution >= 0.6 is 0 Å². The van der Waals surface area contributed by atoms with Gasteiger partial charge in [0.2, 0.25) is 0 Å². The average molecular weight is 200 g/mol. The van der Waals surface area contributed by atoms with Crippen LogP contribution in [0.2, 0.25) is 0 Å². The lowest BCUT2D eigenvalue weighted by Gasteiger charge is -2.18. The minimum absolute atomic E-state index is 0.154. The smallest absolute Gasteiger partial charge is 0.186 e. The van der Waals surface area contributed by atoms with Crippen LogP contribution in [0, 0.1) is 12.3 Å². The Kier molecular flexibility index (Phi) is 4.36. The van der Waals surface area contributed by atoms with E-state index >= 15 is 0 Å². The van der Waals surface area contributed by atoms with Crippen LogP contribution in [0.4, 0.5) is 0 Å². The maximum atomic E-state index is 9.78. The van der Waals surface area contributed by atoms with Gasteiger partial charge in [0.05, 0.1) is 6.10 Å². The summed E-state index contributed by atoms with van der Waals surface area (Å²) in [7, 11) is 1.52. The Labute approximate surface area is 84.2 Å². The quantitative estimate of drug-likeness (QED) is 0.656. The van der Waals surface area contributed by atoms with E-state index in [9.17, 15) is 5.11 Å². The molecule has 80 valence electrons. The Hall–Kier alpha value is -0.600. The highest BCUT2D eigenvalue weighted by molar-refractivity contribution is 4.90. The largest absolute Gasteiger partial charge is 0.387 e. The maximum absolute atomic E-state index is 9.78. The van der Waals surface area contributed by atoms with Gasteiger partial charge in [0.25, 0.3) is 0 Å². The van der Waals surface area contributed by atoms with Crippen LogP contribution in [0.15, 0.2) is 0 Å². The molecule has 0 aromatic carbocycles. The Morgan fingerprint density at radius 3 is 2.79 bits per heavy atom. The highest BCUT2D eigenvalue weighted by Gasteiger charge is 2.43. The molecule has 14 heavy (non-hydrogen) atoms. The first-order chi connectivity index (χ1) is 6.74. The normalized spacial score (nSPS) is 37.0. The number of hydrogen-bond donors (Lipinski definition) is 1. The molecule has 1 aliphatic heterocycles. The Morgan fingerprint density at radius 1 is 1.57 bits per heavy atom. The third-order valence-corrected chi connectivity index (χ3v) is 2.29. The van der Waals surface area contributed by atoms with E-state index in [1.807, 2.05) is 6.92 Å². The van der Waals surface area contributed by atoms with E-state index in [4.69, 9.17) is 20.6 Å². The number of aliphatic hydroxyl groups is 1. The molecule has 0 aliphatic carbocycles. The van der Waals surface area contributed by atoms with E-state index in [-0.39, 0.29) is 12.7 Å². The Morgan fingerprint density at radius 2 is 2.29 bits per heavy atom. The minimum atomic E-state index is -0.668. The van der Waals surface area contributed by atoms with E-state index in [2.05, 4.69) is 5.92 Å². The van der Waals surface area contributed by atoms with E-state index in [1.165, 1.54) is 7.11 Å². The summed E-state index contributed by atoms with van der Waals surface area (Å²) >= 11 is 0. The molecule has 1 saturated heterocycles. The van der Waals surface area contributed by atoms with Gasteiger partial charge < -0.3 is 19.3 Å². The molecule has 0 aromatic rings. The molecular formula is C10H16O4. The van der Waals surface area contributed by atoms with Crippen molar-refractivity contribution in [3.05, 3.63) is 0 Å². The van der Waals surface area contributed by atoms with Crippen molar-refractivity contribution in [3.8, 4) is 12.3 Å². The lowest BCUT2D eigenvalue weighted by Crippen LogP contribution is -2.36. The molecule has 1 N–H and O–H groups in total. The number of ether oxygens (including phenoxy) is 3. The van der Waals surface area contributed by atoms with Crippen LogP contribution in [0.25, 0.3) is 0 Å². The van der Waals surface area contributed by atoms with Crippen LogP contribution in [-0.2, 0) is 14.2 Å². The van der Waals surface area contributed by atoms with Crippen molar-refractivity contribution in [1.29, 1.82) is 0 Å². The first-order valence-electron chi connectivity index (χ1n) is 4.66. The predicted molar refractivity (Wildman–Crippen MR) is 50.5 cm³/mol. The zero-order valence-electron chi connectivity index (χ0n) is 8.47. The standard InChI is InChI=1S/C10H16O4/c1-4-6-13-9-8(11)7(5-2)14-10(9)12-3/h1,7-11H,5-6H2,2-3H3/t7-,8-,9+,10+/m0/s1. The summed E-state index contributed by atoms with van der Waals surface area (Å²) in [5, 5.41) is 9.78. The van der Waals surface area contributed by atoms with Crippen molar-refractivity contribution in [2.24, 2.45) is 0 Å². The Balaban J connectivity index is 2.56. The molecule has 1 aliphatic rings. The van der Waals surface area contributed by atoms with Crippen LogP contribution < -0.4 is 0 Å². The summed E-state index contributed by atoms with van der Waals surface area (Å²) in [4.78, 5) is 0. The highest BCUT2D eigenvalue weighted by Crippen LogP contribution is 2.26. The molecule has 4 atom stereocenters.